The minimum atomic E-state index is -0.468. The Morgan fingerprint density at radius 1 is 1.13 bits per heavy atom. The van der Waals surface area contributed by atoms with Crippen LogP contribution in [0.3, 0.4) is 0 Å². The molecule has 0 saturated heterocycles. The maximum absolute atomic E-state index is 12.3. The molecule has 2 heterocycles. The molecule has 0 radical (unpaired) electrons. The standard InChI is InChI=1S/C20H17N5O4S/c1-28-13-6-7-15-14(9-13)17-18(22-15)23-20(25-24-17)30-10-16(26)21-12-5-3-4-11(8-12)19(27)29-2/h3-9H,10H2,1-2H3,(H,21,26)(H,22,23,25). The van der Waals surface area contributed by atoms with E-state index >= 15 is 0 Å². The van der Waals surface area contributed by atoms with Gasteiger partial charge in [0.1, 0.15) is 11.3 Å². The predicted molar refractivity (Wildman–Crippen MR) is 113 cm³/mol. The number of hydrogen-bond acceptors (Lipinski definition) is 8. The molecular weight excluding hydrogens is 406 g/mol. The molecule has 4 aromatic rings. The Labute approximate surface area is 175 Å². The highest BCUT2D eigenvalue weighted by atomic mass is 32.2. The molecule has 30 heavy (non-hydrogen) atoms. The number of aromatic nitrogens is 4. The molecule has 0 atom stereocenters. The van der Waals surface area contributed by atoms with E-state index in [9.17, 15) is 9.59 Å². The molecule has 0 aliphatic heterocycles. The number of hydrogen-bond donors (Lipinski definition) is 2. The topological polar surface area (TPSA) is 119 Å². The molecule has 9 nitrogen and oxygen atoms in total. The molecule has 152 valence electrons. The second-order valence-electron chi connectivity index (χ2n) is 6.24. The van der Waals surface area contributed by atoms with Crippen molar-refractivity contribution >= 4 is 51.4 Å². The number of benzene rings is 2. The van der Waals surface area contributed by atoms with Gasteiger partial charge in [-0.25, -0.2) is 9.78 Å². The van der Waals surface area contributed by atoms with Crippen molar-refractivity contribution in [3.63, 3.8) is 0 Å². The number of nitrogens with one attached hydrogen (secondary N) is 2. The van der Waals surface area contributed by atoms with E-state index in [0.29, 0.717) is 27.6 Å². The second-order valence-corrected chi connectivity index (χ2v) is 7.18. The number of esters is 1. The van der Waals surface area contributed by atoms with Gasteiger partial charge in [0.25, 0.3) is 0 Å². The number of rotatable bonds is 6. The van der Waals surface area contributed by atoms with Crippen molar-refractivity contribution in [3.05, 3.63) is 48.0 Å². The van der Waals surface area contributed by atoms with Gasteiger partial charge in [0.05, 0.1) is 25.5 Å². The number of carbonyl (C=O) groups excluding carboxylic acids is 2. The molecule has 0 aliphatic carbocycles. The van der Waals surface area contributed by atoms with Crippen molar-refractivity contribution < 1.29 is 19.1 Å². The first kappa shape index (κ1) is 19.6. The maximum Gasteiger partial charge on any atom is 0.337 e. The third-order valence-corrected chi connectivity index (χ3v) is 5.14. The molecular formula is C20H17N5O4S. The fourth-order valence-electron chi connectivity index (χ4n) is 2.89. The summed E-state index contributed by atoms with van der Waals surface area (Å²) in [4.78, 5) is 31.5. The van der Waals surface area contributed by atoms with Gasteiger partial charge in [-0.15, -0.1) is 10.2 Å². The van der Waals surface area contributed by atoms with Crippen LogP contribution in [0.15, 0.2) is 47.6 Å². The number of thioether (sulfide) groups is 1. The summed E-state index contributed by atoms with van der Waals surface area (Å²) < 4.78 is 9.93. The van der Waals surface area contributed by atoms with E-state index in [2.05, 4.69) is 30.2 Å². The van der Waals surface area contributed by atoms with E-state index in [1.165, 1.54) is 7.11 Å². The molecule has 4 rings (SSSR count). The van der Waals surface area contributed by atoms with Crippen molar-refractivity contribution in [1.82, 2.24) is 20.2 Å². The van der Waals surface area contributed by atoms with Gasteiger partial charge in [0.2, 0.25) is 11.1 Å². The van der Waals surface area contributed by atoms with Crippen LogP contribution < -0.4 is 10.1 Å². The first-order valence-electron chi connectivity index (χ1n) is 8.88. The quantitative estimate of drug-likeness (QED) is 0.359. The lowest BCUT2D eigenvalue weighted by molar-refractivity contribution is -0.113. The Kier molecular flexibility index (Phi) is 5.48. The number of nitrogens with zero attached hydrogens (tertiary/aromatic N) is 3. The van der Waals surface area contributed by atoms with Crippen molar-refractivity contribution in [2.24, 2.45) is 0 Å². The number of H-pyrrole nitrogens is 1. The monoisotopic (exact) mass is 423 g/mol. The van der Waals surface area contributed by atoms with Gasteiger partial charge in [-0.2, -0.15) is 0 Å². The fraction of sp³-hybridized carbons (Fsp3) is 0.150. The molecule has 2 N–H and O–H groups in total. The van der Waals surface area contributed by atoms with E-state index in [0.717, 1.165) is 28.4 Å². The zero-order valence-corrected chi connectivity index (χ0v) is 16.9. The SMILES string of the molecule is COC(=O)c1cccc(NC(=O)CSc2nnc3c(n2)[nH]c2ccc(OC)cc23)c1. The highest BCUT2D eigenvalue weighted by Gasteiger charge is 2.12. The smallest absolute Gasteiger partial charge is 0.337 e. The summed E-state index contributed by atoms with van der Waals surface area (Å²) in [6, 6.07) is 12.1. The lowest BCUT2D eigenvalue weighted by Crippen LogP contribution is -2.15. The molecule has 2 aromatic carbocycles. The Bertz CT molecular complexity index is 1260. The minimum Gasteiger partial charge on any atom is -0.497 e. The average molecular weight is 423 g/mol. The van der Waals surface area contributed by atoms with E-state index in [1.54, 1.807) is 31.4 Å². The van der Waals surface area contributed by atoms with Crippen molar-refractivity contribution in [3.8, 4) is 5.75 Å². The lowest BCUT2D eigenvalue weighted by atomic mass is 10.2. The van der Waals surface area contributed by atoms with Crippen LogP contribution in [0.2, 0.25) is 0 Å². The Balaban J connectivity index is 1.45. The summed E-state index contributed by atoms with van der Waals surface area (Å²) in [6.45, 7) is 0. The number of amides is 1. The molecule has 0 aliphatic rings. The molecule has 10 heteroatoms. The van der Waals surface area contributed by atoms with E-state index in [4.69, 9.17) is 4.74 Å². The van der Waals surface area contributed by atoms with Gasteiger partial charge in [0.15, 0.2) is 5.65 Å². The highest BCUT2D eigenvalue weighted by molar-refractivity contribution is 7.99. The van der Waals surface area contributed by atoms with Crippen LogP contribution in [-0.4, -0.2) is 52.0 Å². The van der Waals surface area contributed by atoms with E-state index in [1.807, 2.05) is 18.2 Å². The summed E-state index contributed by atoms with van der Waals surface area (Å²) >= 11 is 1.16. The lowest BCUT2D eigenvalue weighted by Gasteiger charge is -2.06. The molecule has 0 spiro atoms. The van der Waals surface area contributed by atoms with Gasteiger partial charge in [-0.1, -0.05) is 17.8 Å². The van der Waals surface area contributed by atoms with Crippen LogP contribution >= 0.6 is 11.8 Å². The zero-order valence-electron chi connectivity index (χ0n) is 16.1. The largest absolute Gasteiger partial charge is 0.497 e. The number of ether oxygens (including phenoxy) is 2. The Morgan fingerprint density at radius 2 is 2.00 bits per heavy atom. The van der Waals surface area contributed by atoms with Crippen LogP contribution in [0, 0.1) is 0 Å². The van der Waals surface area contributed by atoms with Crippen LogP contribution in [-0.2, 0) is 9.53 Å². The minimum absolute atomic E-state index is 0.0870. The molecule has 0 saturated carbocycles. The van der Waals surface area contributed by atoms with Crippen molar-refractivity contribution in [2.75, 3.05) is 25.3 Å². The number of fused-ring (bicyclic) bond motifs is 3. The van der Waals surface area contributed by atoms with Gasteiger partial charge < -0.3 is 19.8 Å². The number of anilines is 1. The second kappa shape index (κ2) is 8.37. The van der Waals surface area contributed by atoms with E-state index < -0.39 is 5.97 Å². The molecule has 2 aromatic heterocycles. The third kappa shape index (κ3) is 4.03. The van der Waals surface area contributed by atoms with Crippen molar-refractivity contribution in [1.29, 1.82) is 0 Å². The van der Waals surface area contributed by atoms with Gasteiger partial charge in [-0.05, 0) is 36.4 Å². The van der Waals surface area contributed by atoms with Crippen LogP contribution in [0.5, 0.6) is 5.75 Å². The molecule has 1 amide bonds. The van der Waals surface area contributed by atoms with Crippen LogP contribution in [0.25, 0.3) is 22.1 Å². The summed E-state index contributed by atoms with van der Waals surface area (Å²) in [7, 11) is 2.91. The number of methoxy groups -OCH3 is 2. The fourth-order valence-corrected chi connectivity index (χ4v) is 3.48. The first-order chi connectivity index (χ1) is 14.6. The van der Waals surface area contributed by atoms with Crippen molar-refractivity contribution in [2.45, 2.75) is 5.16 Å². The van der Waals surface area contributed by atoms with Gasteiger partial charge in [0, 0.05) is 16.6 Å². The summed E-state index contributed by atoms with van der Waals surface area (Å²) in [5.41, 5.74) is 2.95. The zero-order chi connectivity index (χ0) is 21.1. The maximum atomic E-state index is 12.3. The first-order valence-corrected chi connectivity index (χ1v) is 9.87. The predicted octanol–water partition coefficient (Wildman–Crippen LogP) is 3.03. The molecule has 0 bridgehead atoms. The summed E-state index contributed by atoms with van der Waals surface area (Å²) in [5, 5.41) is 12.3. The van der Waals surface area contributed by atoms with Crippen LogP contribution in [0.4, 0.5) is 5.69 Å². The van der Waals surface area contributed by atoms with Gasteiger partial charge >= 0.3 is 5.97 Å². The van der Waals surface area contributed by atoms with E-state index in [-0.39, 0.29) is 11.7 Å². The summed E-state index contributed by atoms with van der Waals surface area (Å²) in [5.74, 6) is 0.0804. The normalized spacial score (nSPS) is 10.9. The summed E-state index contributed by atoms with van der Waals surface area (Å²) in [6.07, 6.45) is 0. The van der Waals surface area contributed by atoms with Crippen LogP contribution in [0.1, 0.15) is 10.4 Å². The third-order valence-electron chi connectivity index (χ3n) is 4.30. The molecule has 0 fully saturated rings. The van der Waals surface area contributed by atoms with Gasteiger partial charge in [-0.3, -0.25) is 4.79 Å². The highest BCUT2D eigenvalue weighted by Crippen LogP contribution is 2.27. The Hall–Kier alpha value is -3.66. The number of aromatic amines is 1. The molecule has 0 unspecified atom stereocenters. The Morgan fingerprint density at radius 3 is 2.80 bits per heavy atom. The average Bonchev–Trinajstić information content (AvgIpc) is 3.14. The number of carbonyl (C=O) groups is 2.